The third-order valence-corrected chi connectivity index (χ3v) is 8.25. The van der Waals surface area contributed by atoms with Gasteiger partial charge >= 0.3 is 6.16 Å². The van der Waals surface area contributed by atoms with Crippen LogP contribution in [-0.2, 0) is 17.8 Å². The summed E-state index contributed by atoms with van der Waals surface area (Å²) in [6.45, 7) is 1.11. The predicted molar refractivity (Wildman–Crippen MR) is 199 cm³/mol. The number of aromatic amines is 1. The number of amides is 2. The van der Waals surface area contributed by atoms with Crippen LogP contribution < -0.4 is 20.3 Å². The first-order chi connectivity index (χ1) is 24.7. The molecule has 0 fully saturated rings. The fraction of sp³-hybridized carbons (Fsp3) is 0.194. The van der Waals surface area contributed by atoms with Gasteiger partial charge in [-0.2, -0.15) is 0 Å². The number of fused-ring (bicyclic) bond motifs is 1. The van der Waals surface area contributed by atoms with Gasteiger partial charge in [0, 0.05) is 82.5 Å². The number of hydrogen-bond donors (Lipinski definition) is 3. The fourth-order valence-electron chi connectivity index (χ4n) is 5.16. The Labute approximate surface area is 307 Å². The Morgan fingerprint density at radius 1 is 0.804 bits per heavy atom. The third kappa shape index (κ3) is 9.91. The van der Waals surface area contributed by atoms with E-state index >= 15 is 0 Å². The van der Waals surface area contributed by atoms with E-state index in [0.29, 0.717) is 70.2 Å². The Balaban J connectivity index is 1.23. The molecule has 0 spiro atoms. The van der Waals surface area contributed by atoms with Gasteiger partial charge in [0.2, 0.25) is 0 Å². The standard InChI is InChI=1S/C36H32Cl3N5O7/c37-14-13-24-5-11-30(51-36(47)50-22-23-1-7-29(8-2-23)44(48)49)21-32(24)42-35(46)33-20-26-19-27(6-12-31(26)41-33)40-34(45)25-3-9-28(10-4-25)43(17-15-38)18-16-39/h1-12,19-21,41H,13-18,22H2,(H,40,45)(H,42,46). The number of nitro benzene ring substituents is 1. The van der Waals surface area contributed by atoms with Crippen LogP contribution in [0.5, 0.6) is 5.75 Å². The van der Waals surface area contributed by atoms with E-state index in [1.807, 2.05) is 17.0 Å². The molecule has 5 rings (SSSR count). The number of ether oxygens (including phenoxy) is 2. The highest BCUT2D eigenvalue weighted by atomic mass is 35.5. The van der Waals surface area contributed by atoms with Crippen molar-refractivity contribution in [1.82, 2.24) is 4.98 Å². The maximum Gasteiger partial charge on any atom is 0.514 e. The number of H-pyrrole nitrogens is 1. The number of nitrogens with zero attached hydrogens (tertiary/aromatic N) is 2. The average molecular weight is 753 g/mol. The molecule has 0 bridgehead atoms. The number of carbonyl (C=O) groups excluding carboxylic acids is 3. The normalized spacial score (nSPS) is 10.8. The third-order valence-electron chi connectivity index (χ3n) is 7.73. The van der Waals surface area contributed by atoms with E-state index in [0.717, 1.165) is 5.69 Å². The van der Waals surface area contributed by atoms with Crippen LogP contribution in [0.25, 0.3) is 10.9 Å². The second kappa shape index (κ2) is 17.6. The molecule has 0 saturated carbocycles. The number of halogens is 3. The van der Waals surface area contributed by atoms with E-state index in [9.17, 15) is 24.5 Å². The van der Waals surface area contributed by atoms with Crippen molar-refractivity contribution in [3.63, 3.8) is 0 Å². The fourth-order valence-corrected chi connectivity index (χ4v) is 5.77. The highest BCUT2D eigenvalue weighted by Gasteiger charge is 2.16. The second-order valence-corrected chi connectivity index (χ2v) is 12.3. The highest BCUT2D eigenvalue weighted by molar-refractivity contribution is 6.19. The van der Waals surface area contributed by atoms with Gasteiger partial charge < -0.3 is 30.0 Å². The summed E-state index contributed by atoms with van der Waals surface area (Å²) in [5.74, 6) is 0.562. The van der Waals surface area contributed by atoms with Crippen molar-refractivity contribution in [2.24, 2.45) is 0 Å². The van der Waals surface area contributed by atoms with Gasteiger partial charge in [0.15, 0.2) is 0 Å². The molecule has 0 aliphatic carbocycles. The number of benzene rings is 4. The average Bonchev–Trinajstić information content (AvgIpc) is 3.56. The Morgan fingerprint density at radius 2 is 1.53 bits per heavy atom. The summed E-state index contributed by atoms with van der Waals surface area (Å²) >= 11 is 17.8. The summed E-state index contributed by atoms with van der Waals surface area (Å²) in [7, 11) is 0. The summed E-state index contributed by atoms with van der Waals surface area (Å²) in [5, 5.41) is 17.3. The zero-order valence-electron chi connectivity index (χ0n) is 27.0. The molecule has 1 aromatic heterocycles. The van der Waals surface area contributed by atoms with Gasteiger partial charge in [-0.25, -0.2) is 4.79 Å². The molecule has 3 N–H and O–H groups in total. The monoisotopic (exact) mass is 751 g/mol. The smallest absolute Gasteiger partial charge is 0.429 e. The first kappa shape index (κ1) is 37.0. The summed E-state index contributed by atoms with van der Waals surface area (Å²) in [6, 6.07) is 24.4. The van der Waals surface area contributed by atoms with Gasteiger partial charge in [-0.15, -0.1) is 34.8 Å². The van der Waals surface area contributed by atoms with Crippen LogP contribution in [-0.4, -0.2) is 58.6 Å². The van der Waals surface area contributed by atoms with Gasteiger partial charge in [0.05, 0.1) is 4.92 Å². The minimum atomic E-state index is -0.998. The van der Waals surface area contributed by atoms with Crippen molar-refractivity contribution in [2.45, 2.75) is 13.0 Å². The lowest BCUT2D eigenvalue weighted by Gasteiger charge is -2.22. The number of nitrogens with one attached hydrogen (secondary N) is 3. The van der Waals surface area contributed by atoms with Crippen LogP contribution in [0.1, 0.15) is 32.0 Å². The number of carbonyl (C=O) groups is 3. The molecule has 0 unspecified atom stereocenters. The van der Waals surface area contributed by atoms with Crippen LogP contribution in [0.4, 0.5) is 27.5 Å². The molecule has 1 heterocycles. The summed E-state index contributed by atoms with van der Waals surface area (Å²) in [6.07, 6.45) is -0.568. The van der Waals surface area contributed by atoms with E-state index in [2.05, 4.69) is 15.6 Å². The SMILES string of the molecule is O=C(OCc1ccc([N+](=O)[O-])cc1)Oc1ccc(CCCl)c(NC(=O)c2cc3cc(NC(=O)c4ccc(N(CCCl)CCCl)cc4)ccc3[nH]2)c1. The zero-order chi connectivity index (χ0) is 36.3. The first-order valence-electron chi connectivity index (χ1n) is 15.7. The minimum absolute atomic E-state index is 0.0817. The number of non-ortho nitro benzene ring substituents is 1. The Hall–Kier alpha value is -5.30. The van der Waals surface area contributed by atoms with Gasteiger partial charge in [0.25, 0.3) is 17.5 Å². The van der Waals surface area contributed by atoms with Crippen molar-refractivity contribution in [3.8, 4) is 5.75 Å². The molecule has 0 atom stereocenters. The van der Waals surface area contributed by atoms with E-state index in [1.165, 1.54) is 30.3 Å². The van der Waals surface area contributed by atoms with E-state index < -0.39 is 17.0 Å². The van der Waals surface area contributed by atoms with Gasteiger partial charge in [-0.3, -0.25) is 19.7 Å². The number of nitro groups is 1. The molecule has 0 aliphatic heterocycles. The number of aryl methyl sites for hydroxylation is 1. The van der Waals surface area contributed by atoms with Crippen molar-refractivity contribution in [1.29, 1.82) is 0 Å². The number of rotatable bonds is 15. The van der Waals surface area contributed by atoms with Crippen molar-refractivity contribution >= 4 is 86.4 Å². The molecule has 15 heteroatoms. The molecule has 12 nitrogen and oxygen atoms in total. The number of hydrogen-bond acceptors (Lipinski definition) is 8. The summed E-state index contributed by atoms with van der Waals surface area (Å²) < 4.78 is 10.5. The number of aromatic nitrogens is 1. The predicted octanol–water partition coefficient (Wildman–Crippen LogP) is 8.36. The molecular weight excluding hydrogens is 721 g/mol. The van der Waals surface area contributed by atoms with Crippen molar-refractivity contribution < 1.29 is 28.8 Å². The molecule has 0 saturated heterocycles. The quantitative estimate of drug-likeness (QED) is 0.0317. The Bertz CT molecular complexity index is 2010. The molecule has 0 radical (unpaired) electrons. The molecule has 2 amide bonds. The van der Waals surface area contributed by atoms with Gasteiger partial charge in [0.1, 0.15) is 18.1 Å². The molecule has 51 heavy (non-hydrogen) atoms. The Morgan fingerprint density at radius 3 is 2.20 bits per heavy atom. The molecule has 264 valence electrons. The minimum Gasteiger partial charge on any atom is -0.429 e. The second-order valence-electron chi connectivity index (χ2n) is 11.1. The lowest BCUT2D eigenvalue weighted by molar-refractivity contribution is -0.384. The van der Waals surface area contributed by atoms with E-state index in [4.69, 9.17) is 44.3 Å². The van der Waals surface area contributed by atoms with E-state index in [-0.39, 0.29) is 35.5 Å². The first-order valence-corrected chi connectivity index (χ1v) is 17.3. The Kier molecular flexibility index (Phi) is 12.7. The lowest BCUT2D eigenvalue weighted by Crippen LogP contribution is -2.27. The molecule has 4 aromatic carbocycles. The summed E-state index contributed by atoms with van der Waals surface area (Å²) in [5.41, 5.74) is 4.42. The number of alkyl halides is 3. The van der Waals surface area contributed by atoms with Crippen LogP contribution in [0, 0.1) is 10.1 Å². The zero-order valence-corrected chi connectivity index (χ0v) is 29.3. The molecule has 5 aromatic rings. The lowest BCUT2D eigenvalue weighted by atomic mass is 10.1. The van der Waals surface area contributed by atoms with Crippen LogP contribution in [0.15, 0.2) is 91.0 Å². The van der Waals surface area contributed by atoms with Crippen LogP contribution in [0.2, 0.25) is 0 Å². The van der Waals surface area contributed by atoms with Gasteiger partial charge in [-0.1, -0.05) is 6.07 Å². The van der Waals surface area contributed by atoms with Gasteiger partial charge in [-0.05, 0) is 84.3 Å². The van der Waals surface area contributed by atoms with Crippen LogP contribution in [0.3, 0.4) is 0 Å². The summed E-state index contributed by atoms with van der Waals surface area (Å²) in [4.78, 5) is 54.2. The van der Waals surface area contributed by atoms with E-state index in [1.54, 1.807) is 48.5 Å². The van der Waals surface area contributed by atoms with Crippen LogP contribution >= 0.6 is 34.8 Å². The largest absolute Gasteiger partial charge is 0.514 e. The highest BCUT2D eigenvalue weighted by Crippen LogP contribution is 2.27. The topological polar surface area (TPSA) is 156 Å². The maximum atomic E-state index is 13.4. The van der Waals surface area contributed by atoms with Crippen molar-refractivity contribution in [2.75, 3.05) is 46.3 Å². The number of anilines is 3. The molecular formula is C36H32Cl3N5O7. The maximum absolute atomic E-state index is 13.4. The molecule has 0 aliphatic rings. The van der Waals surface area contributed by atoms with Crippen molar-refractivity contribution in [3.05, 3.63) is 123 Å².